The highest BCUT2D eigenvalue weighted by atomic mass is 16.5. The standard InChI is InChI=1S/C16H24N2O2/c1-3-7-16(19)18-12-10-17(11-13-18)14-8-5-6-9-15(14)20-4-2/h5-6,8-9H,3-4,7,10-13H2,1-2H3. The van der Waals surface area contributed by atoms with E-state index in [0.29, 0.717) is 13.0 Å². The Morgan fingerprint density at radius 3 is 2.50 bits per heavy atom. The Kier molecular flexibility index (Phi) is 5.27. The van der Waals surface area contributed by atoms with Gasteiger partial charge in [0.25, 0.3) is 0 Å². The van der Waals surface area contributed by atoms with Gasteiger partial charge in [0.15, 0.2) is 0 Å². The summed E-state index contributed by atoms with van der Waals surface area (Å²) in [5.74, 6) is 1.22. The zero-order chi connectivity index (χ0) is 14.4. The minimum atomic E-state index is 0.283. The van der Waals surface area contributed by atoms with Crippen LogP contribution in [0, 0.1) is 0 Å². The summed E-state index contributed by atoms with van der Waals surface area (Å²) in [7, 11) is 0. The number of carbonyl (C=O) groups excluding carboxylic acids is 1. The van der Waals surface area contributed by atoms with Gasteiger partial charge in [-0.3, -0.25) is 4.79 Å². The van der Waals surface area contributed by atoms with Gasteiger partial charge in [0.05, 0.1) is 12.3 Å². The normalized spacial score (nSPS) is 15.3. The Morgan fingerprint density at radius 1 is 1.15 bits per heavy atom. The van der Waals surface area contributed by atoms with Gasteiger partial charge in [-0.1, -0.05) is 19.1 Å². The molecule has 1 aliphatic rings. The molecule has 110 valence electrons. The Bertz CT molecular complexity index is 440. The van der Waals surface area contributed by atoms with E-state index in [2.05, 4.69) is 11.0 Å². The van der Waals surface area contributed by atoms with Crippen LogP contribution in [0.25, 0.3) is 0 Å². The first kappa shape index (κ1) is 14.7. The van der Waals surface area contributed by atoms with Crippen molar-refractivity contribution < 1.29 is 9.53 Å². The first-order valence-electron chi connectivity index (χ1n) is 7.50. The molecular weight excluding hydrogens is 252 g/mol. The molecule has 1 amide bonds. The molecule has 1 aliphatic heterocycles. The van der Waals surface area contributed by atoms with E-state index in [1.165, 1.54) is 0 Å². The largest absolute Gasteiger partial charge is 0.492 e. The van der Waals surface area contributed by atoms with Crippen LogP contribution < -0.4 is 9.64 Å². The number of anilines is 1. The van der Waals surface area contributed by atoms with Crippen molar-refractivity contribution in [1.82, 2.24) is 4.90 Å². The lowest BCUT2D eigenvalue weighted by atomic mass is 10.2. The molecule has 0 radical (unpaired) electrons. The molecule has 4 heteroatoms. The number of amides is 1. The molecule has 1 aromatic carbocycles. The molecule has 0 atom stereocenters. The first-order valence-corrected chi connectivity index (χ1v) is 7.50. The van der Waals surface area contributed by atoms with E-state index in [1.54, 1.807) is 0 Å². The molecule has 0 spiro atoms. The van der Waals surface area contributed by atoms with Crippen molar-refractivity contribution in [1.29, 1.82) is 0 Å². The third-order valence-electron chi connectivity index (χ3n) is 3.60. The average Bonchev–Trinajstić information content (AvgIpc) is 2.49. The number of piperazine rings is 1. The van der Waals surface area contributed by atoms with Crippen LogP contribution in [0.5, 0.6) is 5.75 Å². The fraction of sp³-hybridized carbons (Fsp3) is 0.562. The topological polar surface area (TPSA) is 32.8 Å². The zero-order valence-electron chi connectivity index (χ0n) is 12.5. The number of hydrogen-bond acceptors (Lipinski definition) is 3. The van der Waals surface area contributed by atoms with Crippen LogP contribution in [0.4, 0.5) is 5.69 Å². The minimum absolute atomic E-state index is 0.283. The number of nitrogens with zero attached hydrogens (tertiary/aromatic N) is 2. The molecule has 2 rings (SSSR count). The lowest BCUT2D eigenvalue weighted by Gasteiger charge is -2.36. The SMILES string of the molecule is CCCC(=O)N1CCN(c2ccccc2OCC)CC1. The van der Waals surface area contributed by atoms with Gasteiger partial charge in [0.1, 0.15) is 5.75 Å². The third-order valence-corrected chi connectivity index (χ3v) is 3.60. The van der Waals surface area contributed by atoms with E-state index in [0.717, 1.165) is 44.0 Å². The Hall–Kier alpha value is -1.71. The van der Waals surface area contributed by atoms with E-state index in [-0.39, 0.29) is 5.91 Å². The van der Waals surface area contributed by atoms with Crippen LogP contribution >= 0.6 is 0 Å². The molecule has 4 nitrogen and oxygen atoms in total. The van der Waals surface area contributed by atoms with Crippen LogP contribution in [0.2, 0.25) is 0 Å². The summed E-state index contributed by atoms with van der Waals surface area (Å²) in [6.45, 7) is 8.08. The fourth-order valence-corrected chi connectivity index (χ4v) is 2.56. The highest BCUT2D eigenvalue weighted by Gasteiger charge is 2.22. The summed E-state index contributed by atoms with van der Waals surface area (Å²) >= 11 is 0. The molecule has 0 saturated carbocycles. The van der Waals surface area contributed by atoms with Gasteiger partial charge in [-0.05, 0) is 25.5 Å². The average molecular weight is 276 g/mol. The maximum atomic E-state index is 11.9. The fourth-order valence-electron chi connectivity index (χ4n) is 2.56. The van der Waals surface area contributed by atoms with Gasteiger partial charge in [-0.2, -0.15) is 0 Å². The van der Waals surface area contributed by atoms with Crippen molar-refractivity contribution in [3.8, 4) is 5.75 Å². The van der Waals surface area contributed by atoms with Crippen LogP contribution in [0.15, 0.2) is 24.3 Å². The summed E-state index contributed by atoms with van der Waals surface area (Å²) in [5.41, 5.74) is 1.14. The number of para-hydroxylation sites is 2. The molecule has 1 fully saturated rings. The molecule has 0 aliphatic carbocycles. The van der Waals surface area contributed by atoms with Crippen molar-refractivity contribution in [3.05, 3.63) is 24.3 Å². The predicted molar refractivity (Wildman–Crippen MR) is 81.3 cm³/mol. The second kappa shape index (κ2) is 7.17. The van der Waals surface area contributed by atoms with Crippen molar-refractivity contribution in [2.75, 3.05) is 37.7 Å². The van der Waals surface area contributed by atoms with E-state index < -0.39 is 0 Å². The number of ether oxygens (including phenoxy) is 1. The highest BCUT2D eigenvalue weighted by molar-refractivity contribution is 5.76. The van der Waals surface area contributed by atoms with Crippen molar-refractivity contribution in [3.63, 3.8) is 0 Å². The van der Waals surface area contributed by atoms with Gasteiger partial charge < -0.3 is 14.5 Å². The molecule has 0 N–H and O–H groups in total. The molecule has 20 heavy (non-hydrogen) atoms. The summed E-state index contributed by atoms with van der Waals surface area (Å²) in [4.78, 5) is 16.2. The van der Waals surface area contributed by atoms with Gasteiger partial charge in [-0.25, -0.2) is 0 Å². The van der Waals surface area contributed by atoms with E-state index in [4.69, 9.17) is 4.74 Å². The smallest absolute Gasteiger partial charge is 0.222 e. The van der Waals surface area contributed by atoms with Crippen molar-refractivity contribution >= 4 is 11.6 Å². The first-order chi connectivity index (χ1) is 9.76. The number of rotatable bonds is 5. The molecule has 0 unspecified atom stereocenters. The number of carbonyl (C=O) groups is 1. The Balaban J connectivity index is 1.98. The zero-order valence-corrected chi connectivity index (χ0v) is 12.5. The summed E-state index contributed by atoms with van der Waals surface area (Å²) in [6, 6.07) is 8.13. The summed E-state index contributed by atoms with van der Waals surface area (Å²) in [5, 5.41) is 0. The highest BCUT2D eigenvalue weighted by Crippen LogP contribution is 2.28. The van der Waals surface area contributed by atoms with E-state index in [9.17, 15) is 4.79 Å². The number of hydrogen-bond donors (Lipinski definition) is 0. The quantitative estimate of drug-likeness (QED) is 0.828. The van der Waals surface area contributed by atoms with Crippen LogP contribution in [0.1, 0.15) is 26.7 Å². The Labute approximate surface area is 121 Å². The minimum Gasteiger partial charge on any atom is -0.492 e. The van der Waals surface area contributed by atoms with Gasteiger partial charge in [-0.15, -0.1) is 0 Å². The van der Waals surface area contributed by atoms with Crippen LogP contribution in [0.3, 0.4) is 0 Å². The molecule has 1 aromatic rings. The van der Waals surface area contributed by atoms with Crippen molar-refractivity contribution in [2.45, 2.75) is 26.7 Å². The Morgan fingerprint density at radius 2 is 1.85 bits per heavy atom. The lowest BCUT2D eigenvalue weighted by molar-refractivity contribution is -0.131. The number of benzene rings is 1. The molecule has 0 bridgehead atoms. The van der Waals surface area contributed by atoms with E-state index >= 15 is 0 Å². The van der Waals surface area contributed by atoms with E-state index in [1.807, 2.05) is 36.9 Å². The molecule has 1 heterocycles. The van der Waals surface area contributed by atoms with Gasteiger partial charge in [0.2, 0.25) is 5.91 Å². The maximum Gasteiger partial charge on any atom is 0.222 e. The summed E-state index contributed by atoms with van der Waals surface area (Å²) in [6.07, 6.45) is 1.59. The second-order valence-electron chi connectivity index (χ2n) is 5.02. The van der Waals surface area contributed by atoms with Gasteiger partial charge in [0, 0.05) is 32.6 Å². The van der Waals surface area contributed by atoms with Crippen LogP contribution in [-0.2, 0) is 4.79 Å². The molecule has 1 saturated heterocycles. The van der Waals surface area contributed by atoms with Crippen molar-refractivity contribution in [2.24, 2.45) is 0 Å². The van der Waals surface area contributed by atoms with Gasteiger partial charge >= 0.3 is 0 Å². The van der Waals surface area contributed by atoms with Crippen LogP contribution in [-0.4, -0.2) is 43.6 Å². The maximum absolute atomic E-state index is 11.9. The second-order valence-corrected chi connectivity index (χ2v) is 5.02. The monoisotopic (exact) mass is 276 g/mol. The lowest BCUT2D eigenvalue weighted by Crippen LogP contribution is -2.48. The molecule has 0 aromatic heterocycles. The summed E-state index contributed by atoms with van der Waals surface area (Å²) < 4.78 is 5.68. The third kappa shape index (κ3) is 3.44. The predicted octanol–water partition coefficient (Wildman–Crippen LogP) is 2.53. The molecular formula is C16H24N2O2.